The minimum Gasteiger partial charge on any atom is -0.481 e. The summed E-state index contributed by atoms with van der Waals surface area (Å²) in [4.78, 5) is 39.2. The van der Waals surface area contributed by atoms with Gasteiger partial charge in [-0.3, -0.25) is 19.1 Å². The predicted molar refractivity (Wildman–Crippen MR) is 154 cm³/mol. The number of rotatable bonds is 9. The van der Waals surface area contributed by atoms with E-state index >= 15 is 4.39 Å². The van der Waals surface area contributed by atoms with Crippen LogP contribution in [0.5, 0.6) is 0 Å². The van der Waals surface area contributed by atoms with E-state index in [0.29, 0.717) is 44.0 Å². The first kappa shape index (κ1) is 29.9. The molecule has 42 heavy (non-hydrogen) atoms. The standard InChI is InChI=1S/C30H34ClFN4O6/c1-35-24-6-4-3-5-20(24)28(34-35)29(38)33-23-15-22(32)18(13-21(23)31)14-27(37)36-12-11-26(41-2)25(36)16-42-19-9-7-17(8-10-19)30(39)40/h3-6,13,15,17,19,25-26H,7-12,14,16H2,1-2H3,(H,33,38)(H,39,40)/t17?,19?,25-,26+/m1/s1. The van der Waals surface area contributed by atoms with Gasteiger partial charge in [-0.15, -0.1) is 0 Å². The van der Waals surface area contributed by atoms with Crippen molar-refractivity contribution in [3.8, 4) is 0 Å². The summed E-state index contributed by atoms with van der Waals surface area (Å²) in [5, 5.41) is 16.9. The van der Waals surface area contributed by atoms with E-state index in [1.54, 1.807) is 35.9 Å². The van der Waals surface area contributed by atoms with E-state index in [4.69, 9.17) is 21.1 Å². The van der Waals surface area contributed by atoms with E-state index in [-0.39, 0.29) is 65.1 Å². The van der Waals surface area contributed by atoms with Crippen LogP contribution in [0.1, 0.15) is 48.2 Å². The Morgan fingerprint density at radius 3 is 2.60 bits per heavy atom. The minimum absolute atomic E-state index is 0.0706. The van der Waals surface area contributed by atoms with E-state index in [2.05, 4.69) is 10.4 Å². The molecule has 0 bridgehead atoms. The second kappa shape index (κ2) is 12.8. The second-order valence-electron chi connectivity index (χ2n) is 10.9. The smallest absolute Gasteiger partial charge is 0.306 e. The lowest BCUT2D eigenvalue weighted by Gasteiger charge is -2.31. The molecule has 1 aliphatic carbocycles. The van der Waals surface area contributed by atoms with Gasteiger partial charge in [0.25, 0.3) is 5.91 Å². The quantitative estimate of drug-likeness (QED) is 0.372. The van der Waals surface area contributed by atoms with Crippen LogP contribution >= 0.6 is 11.6 Å². The van der Waals surface area contributed by atoms with E-state index in [9.17, 15) is 19.5 Å². The summed E-state index contributed by atoms with van der Waals surface area (Å²) in [5.41, 5.74) is 1.16. The molecule has 2 N–H and O–H groups in total. The maximum atomic E-state index is 15.2. The van der Waals surface area contributed by atoms with Gasteiger partial charge in [0.15, 0.2) is 5.69 Å². The molecule has 12 heteroatoms. The van der Waals surface area contributed by atoms with Crippen LogP contribution in [-0.2, 0) is 32.5 Å². The predicted octanol–water partition coefficient (Wildman–Crippen LogP) is 4.44. The number of methoxy groups -OCH3 is 1. The highest BCUT2D eigenvalue weighted by molar-refractivity contribution is 6.34. The highest BCUT2D eigenvalue weighted by atomic mass is 35.5. The Labute approximate surface area is 247 Å². The second-order valence-corrected chi connectivity index (χ2v) is 11.3. The van der Waals surface area contributed by atoms with Crippen molar-refractivity contribution in [2.45, 2.75) is 56.8 Å². The summed E-state index contributed by atoms with van der Waals surface area (Å²) in [6.07, 6.45) is 2.54. The van der Waals surface area contributed by atoms with Crippen LogP contribution in [0.15, 0.2) is 36.4 Å². The number of halogens is 2. The number of carboxylic acid groups (broad SMARTS) is 1. The van der Waals surface area contributed by atoms with Crippen molar-refractivity contribution in [2.75, 3.05) is 25.6 Å². The molecule has 3 aromatic rings. The first-order chi connectivity index (χ1) is 20.2. The molecule has 1 saturated carbocycles. The molecule has 2 amide bonds. The van der Waals surface area contributed by atoms with Crippen molar-refractivity contribution in [1.82, 2.24) is 14.7 Å². The molecule has 0 radical (unpaired) electrons. The van der Waals surface area contributed by atoms with Crippen molar-refractivity contribution >= 4 is 46.0 Å². The topological polar surface area (TPSA) is 123 Å². The van der Waals surface area contributed by atoms with Crippen molar-refractivity contribution in [1.29, 1.82) is 0 Å². The Morgan fingerprint density at radius 2 is 1.88 bits per heavy atom. The van der Waals surface area contributed by atoms with Crippen LogP contribution in [0.3, 0.4) is 0 Å². The van der Waals surface area contributed by atoms with Gasteiger partial charge in [0.2, 0.25) is 5.91 Å². The van der Waals surface area contributed by atoms with Crippen molar-refractivity contribution in [3.05, 3.63) is 58.5 Å². The molecular weight excluding hydrogens is 567 g/mol. The molecule has 0 unspecified atom stereocenters. The number of likely N-dealkylation sites (tertiary alicyclic amines) is 1. The number of carbonyl (C=O) groups is 3. The van der Waals surface area contributed by atoms with Gasteiger partial charge >= 0.3 is 5.97 Å². The zero-order valence-electron chi connectivity index (χ0n) is 23.5. The normalized spacial score (nSPS) is 22.4. The molecule has 2 atom stereocenters. The van der Waals surface area contributed by atoms with E-state index < -0.39 is 17.7 Å². The zero-order valence-corrected chi connectivity index (χ0v) is 24.3. The van der Waals surface area contributed by atoms with Gasteiger partial charge in [0.1, 0.15) is 5.82 Å². The number of para-hydroxylation sites is 1. The van der Waals surface area contributed by atoms with Gasteiger partial charge in [-0.1, -0.05) is 29.8 Å². The minimum atomic E-state index is -0.773. The lowest BCUT2D eigenvalue weighted by atomic mass is 9.87. The molecule has 1 aromatic heterocycles. The summed E-state index contributed by atoms with van der Waals surface area (Å²) in [7, 11) is 3.32. The van der Waals surface area contributed by atoms with Crippen LogP contribution in [0.25, 0.3) is 10.9 Å². The molecule has 5 rings (SSSR count). The van der Waals surface area contributed by atoms with Crippen molar-refractivity contribution in [3.63, 3.8) is 0 Å². The lowest BCUT2D eigenvalue weighted by Crippen LogP contribution is -2.45. The SMILES string of the molecule is CO[C@H]1CCN(C(=O)Cc2cc(Cl)c(NC(=O)c3nn(C)c4ccccc34)cc2F)[C@@H]1COC1CCC(C(=O)O)CC1. The molecule has 2 aliphatic rings. The summed E-state index contributed by atoms with van der Waals surface area (Å²) >= 11 is 6.43. The summed E-state index contributed by atoms with van der Waals surface area (Å²) < 4.78 is 28.5. The van der Waals surface area contributed by atoms with E-state index in [0.717, 1.165) is 11.6 Å². The maximum Gasteiger partial charge on any atom is 0.306 e. The Kier molecular flexibility index (Phi) is 9.10. The number of benzene rings is 2. The Bertz CT molecular complexity index is 1490. The summed E-state index contributed by atoms with van der Waals surface area (Å²) in [5.74, 6) is -2.59. The number of aromatic nitrogens is 2. The number of aliphatic carboxylic acids is 1. The van der Waals surface area contributed by atoms with Crippen LogP contribution in [-0.4, -0.2) is 76.1 Å². The van der Waals surface area contributed by atoms with Crippen LogP contribution in [0.2, 0.25) is 5.02 Å². The fourth-order valence-electron chi connectivity index (χ4n) is 5.97. The molecule has 1 saturated heterocycles. The number of carbonyl (C=O) groups excluding carboxylic acids is 2. The molecule has 1 aliphatic heterocycles. The third kappa shape index (κ3) is 6.28. The summed E-state index contributed by atoms with van der Waals surface area (Å²) in [6.45, 7) is 0.696. The van der Waals surface area contributed by atoms with Gasteiger partial charge in [-0.05, 0) is 55.9 Å². The molecule has 2 heterocycles. The third-order valence-electron chi connectivity index (χ3n) is 8.33. The average Bonchev–Trinajstić information content (AvgIpc) is 3.55. The number of fused-ring (bicyclic) bond motifs is 1. The molecule has 10 nitrogen and oxygen atoms in total. The number of ether oxygens (including phenoxy) is 2. The molecule has 0 spiro atoms. The molecule has 2 aromatic carbocycles. The van der Waals surface area contributed by atoms with Crippen molar-refractivity contribution < 1.29 is 33.4 Å². The highest BCUT2D eigenvalue weighted by Gasteiger charge is 2.38. The number of anilines is 1. The third-order valence-corrected chi connectivity index (χ3v) is 8.64. The van der Waals surface area contributed by atoms with E-state index in [1.807, 2.05) is 12.1 Å². The number of nitrogens with one attached hydrogen (secondary N) is 1. The average molecular weight is 601 g/mol. The number of hydrogen-bond acceptors (Lipinski definition) is 6. The Balaban J connectivity index is 1.23. The van der Waals surface area contributed by atoms with Gasteiger partial charge in [0.05, 0.1) is 53.4 Å². The Morgan fingerprint density at radius 1 is 1.14 bits per heavy atom. The van der Waals surface area contributed by atoms with Crippen LogP contribution in [0.4, 0.5) is 10.1 Å². The van der Waals surface area contributed by atoms with Crippen molar-refractivity contribution in [2.24, 2.45) is 13.0 Å². The first-order valence-corrected chi connectivity index (χ1v) is 14.4. The number of amides is 2. The fourth-order valence-corrected chi connectivity index (χ4v) is 6.20. The van der Waals surface area contributed by atoms with E-state index in [1.165, 1.54) is 6.07 Å². The van der Waals surface area contributed by atoms with Gasteiger partial charge in [0, 0.05) is 26.1 Å². The maximum absolute atomic E-state index is 15.2. The van der Waals surface area contributed by atoms with Gasteiger partial charge < -0.3 is 24.8 Å². The lowest BCUT2D eigenvalue weighted by molar-refractivity contribution is -0.144. The summed E-state index contributed by atoms with van der Waals surface area (Å²) in [6, 6.07) is 9.40. The van der Waals surface area contributed by atoms with Gasteiger partial charge in [-0.25, -0.2) is 4.39 Å². The number of nitrogens with zero attached hydrogens (tertiary/aromatic N) is 3. The highest BCUT2D eigenvalue weighted by Crippen LogP contribution is 2.30. The molecular formula is C30H34ClFN4O6. The van der Waals surface area contributed by atoms with Crippen LogP contribution < -0.4 is 5.32 Å². The number of carboxylic acids is 1. The largest absolute Gasteiger partial charge is 0.481 e. The monoisotopic (exact) mass is 600 g/mol. The van der Waals surface area contributed by atoms with Gasteiger partial charge in [-0.2, -0.15) is 5.10 Å². The number of aryl methyl sites for hydroxylation is 1. The molecule has 224 valence electrons. The first-order valence-electron chi connectivity index (χ1n) is 14.0. The molecule has 2 fully saturated rings. The Hall–Kier alpha value is -3.54. The van der Waals surface area contributed by atoms with Crippen LogP contribution in [0, 0.1) is 11.7 Å². The fraction of sp³-hybridized carbons (Fsp3) is 0.467. The zero-order chi connectivity index (χ0) is 30.0. The number of hydrogen-bond donors (Lipinski definition) is 2.